The van der Waals surface area contributed by atoms with E-state index in [1.165, 1.54) is 25.7 Å². The standard InChI is InChI=1S/C20H22BrN3O2/c1-11-16(18(25)14-8-5-9-15(21)10-14)12(2)22-17(11)20-24-23-19(26-20)13-6-3-4-7-13/h5,8-10,13,19,22-23H,3-4,6-7H2,1-2H3. The van der Waals surface area contributed by atoms with E-state index in [-0.39, 0.29) is 12.0 Å². The summed E-state index contributed by atoms with van der Waals surface area (Å²) in [5, 5.41) is 4.39. The molecule has 0 radical (unpaired) electrons. The summed E-state index contributed by atoms with van der Waals surface area (Å²) in [4.78, 5) is 16.3. The monoisotopic (exact) mass is 415 g/mol. The molecule has 2 heterocycles. The zero-order valence-corrected chi connectivity index (χ0v) is 16.5. The second kappa shape index (κ2) is 6.91. The minimum absolute atomic E-state index is 0.00250. The number of ketones is 1. The van der Waals surface area contributed by atoms with Crippen LogP contribution in [0.1, 0.15) is 58.6 Å². The van der Waals surface area contributed by atoms with Crippen LogP contribution in [0.3, 0.4) is 0 Å². The van der Waals surface area contributed by atoms with E-state index in [1.54, 1.807) is 0 Å². The molecule has 1 saturated carbocycles. The highest BCUT2D eigenvalue weighted by atomic mass is 79.9. The number of nitrogens with zero attached hydrogens (tertiary/aromatic N) is 1. The van der Waals surface area contributed by atoms with Crippen LogP contribution in [0.2, 0.25) is 0 Å². The number of carbonyl (C=O) groups is 1. The molecular formula is C20H22BrN3O2. The van der Waals surface area contributed by atoms with E-state index < -0.39 is 0 Å². The molecule has 4 rings (SSSR count). The van der Waals surface area contributed by atoms with Crippen LogP contribution in [0.5, 0.6) is 0 Å². The molecule has 2 N–H and O–H groups in total. The average molecular weight is 416 g/mol. The Balaban J connectivity index is 1.60. The highest BCUT2D eigenvalue weighted by molar-refractivity contribution is 9.10. The quantitative estimate of drug-likeness (QED) is 0.726. The first kappa shape index (κ1) is 17.3. The van der Waals surface area contributed by atoms with Gasteiger partial charge in [0, 0.05) is 27.2 Å². The van der Waals surface area contributed by atoms with Crippen LogP contribution in [0.4, 0.5) is 0 Å². The van der Waals surface area contributed by atoms with Crippen molar-refractivity contribution in [2.24, 2.45) is 11.0 Å². The third-order valence-corrected chi connectivity index (χ3v) is 5.82. The summed E-state index contributed by atoms with van der Waals surface area (Å²) in [5.74, 6) is 1.06. The number of rotatable bonds is 4. The van der Waals surface area contributed by atoms with Crippen LogP contribution in [-0.2, 0) is 4.74 Å². The Kier molecular flexibility index (Phi) is 4.61. The van der Waals surface area contributed by atoms with Gasteiger partial charge in [0.15, 0.2) is 12.0 Å². The van der Waals surface area contributed by atoms with E-state index >= 15 is 0 Å². The van der Waals surface area contributed by atoms with Crippen LogP contribution in [-0.4, -0.2) is 22.9 Å². The summed E-state index contributed by atoms with van der Waals surface area (Å²) in [6, 6.07) is 7.46. The molecule has 1 aromatic carbocycles. The molecular weight excluding hydrogens is 394 g/mol. The number of hydrogen-bond donors (Lipinski definition) is 2. The Labute approximate surface area is 161 Å². The van der Waals surface area contributed by atoms with Crippen molar-refractivity contribution in [3.05, 3.63) is 56.8 Å². The normalized spacial score (nSPS) is 20.0. The van der Waals surface area contributed by atoms with Crippen molar-refractivity contribution in [3.63, 3.8) is 0 Å². The second-order valence-electron chi connectivity index (χ2n) is 7.09. The molecule has 1 fully saturated rings. The van der Waals surface area contributed by atoms with Crippen molar-refractivity contribution < 1.29 is 9.53 Å². The summed E-state index contributed by atoms with van der Waals surface area (Å²) in [5.41, 5.74) is 6.97. The van der Waals surface area contributed by atoms with Crippen LogP contribution in [0.25, 0.3) is 0 Å². The minimum Gasteiger partial charge on any atom is -0.450 e. The predicted octanol–water partition coefficient (Wildman–Crippen LogP) is 4.42. The van der Waals surface area contributed by atoms with Gasteiger partial charge in [0.1, 0.15) is 5.69 Å². The second-order valence-corrected chi connectivity index (χ2v) is 8.01. The molecule has 0 spiro atoms. The Morgan fingerprint density at radius 2 is 2.04 bits per heavy atom. The van der Waals surface area contributed by atoms with Gasteiger partial charge in [-0.3, -0.25) is 10.2 Å². The van der Waals surface area contributed by atoms with Crippen LogP contribution < -0.4 is 5.43 Å². The Morgan fingerprint density at radius 3 is 2.77 bits per heavy atom. The fourth-order valence-electron chi connectivity index (χ4n) is 3.95. The molecule has 6 heteroatoms. The number of nitrogens with one attached hydrogen (secondary N) is 2. The third-order valence-electron chi connectivity index (χ3n) is 5.33. The minimum atomic E-state index is -0.0558. The van der Waals surface area contributed by atoms with Crippen molar-refractivity contribution in [3.8, 4) is 0 Å². The molecule has 0 amide bonds. The maximum absolute atomic E-state index is 13.0. The summed E-state index contributed by atoms with van der Waals surface area (Å²) in [7, 11) is 0. The molecule has 2 aliphatic rings. The number of aryl methyl sites for hydroxylation is 1. The zero-order valence-electron chi connectivity index (χ0n) is 14.9. The van der Waals surface area contributed by atoms with Gasteiger partial charge < -0.3 is 9.72 Å². The van der Waals surface area contributed by atoms with E-state index in [2.05, 4.69) is 31.4 Å². The number of H-pyrrole nitrogens is 1. The molecule has 26 heavy (non-hydrogen) atoms. The highest BCUT2D eigenvalue weighted by Crippen LogP contribution is 2.31. The van der Waals surface area contributed by atoms with E-state index in [0.29, 0.717) is 22.9 Å². The molecule has 0 bridgehead atoms. The molecule has 1 aromatic heterocycles. The lowest BCUT2D eigenvalue weighted by atomic mass is 9.99. The van der Waals surface area contributed by atoms with Gasteiger partial charge in [-0.25, -0.2) is 0 Å². The molecule has 1 atom stereocenters. The first-order chi connectivity index (χ1) is 12.5. The summed E-state index contributed by atoms with van der Waals surface area (Å²) in [6.45, 7) is 3.86. The smallest absolute Gasteiger partial charge is 0.257 e. The highest BCUT2D eigenvalue weighted by Gasteiger charge is 2.33. The van der Waals surface area contributed by atoms with Gasteiger partial charge in [0.25, 0.3) is 5.90 Å². The van der Waals surface area contributed by atoms with Crippen molar-refractivity contribution in [1.82, 2.24) is 10.4 Å². The summed E-state index contributed by atoms with van der Waals surface area (Å²) in [6.07, 6.45) is 4.81. The molecule has 1 aliphatic carbocycles. The van der Waals surface area contributed by atoms with E-state index in [0.717, 1.165) is 21.4 Å². The van der Waals surface area contributed by atoms with Gasteiger partial charge in [0.05, 0.1) is 0 Å². The molecule has 1 aliphatic heterocycles. The number of aromatic amines is 1. The molecule has 0 saturated heterocycles. The predicted molar refractivity (Wildman–Crippen MR) is 104 cm³/mol. The van der Waals surface area contributed by atoms with Crippen molar-refractivity contribution in [1.29, 1.82) is 0 Å². The van der Waals surface area contributed by atoms with Crippen LogP contribution in [0.15, 0.2) is 33.8 Å². The number of benzene rings is 1. The van der Waals surface area contributed by atoms with Gasteiger partial charge in [-0.05, 0) is 44.4 Å². The number of halogens is 1. The van der Waals surface area contributed by atoms with Gasteiger partial charge in [0.2, 0.25) is 0 Å². The van der Waals surface area contributed by atoms with Gasteiger partial charge in [-0.1, -0.05) is 40.9 Å². The largest absolute Gasteiger partial charge is 0.450 e. The van der Waals surface area contributed by atoms with E-state index in [1.807, 2.05) is 38.1 Å². The Bertz CT molecular complexity index is 881. The van der Waals surface area contributed by atoms with Crippen LogP contribution in [0, 0.1) is 19.8 Å². The molecule has 1 unspecified atom stereocenters. The lowest BCUT2D eigenvalue weighted by Gasteiger charge is -2.17. The fraction of sp³-hybridized carbons (Fsp3) is 0.400. The Morgan fingerprint density at radius 1 is 1.27 bits per heavy atom. The fourth-order valence-corrected chi connectivity index (χ4v) is 4.35. The zero-order chi connectivity index (χ0) is 18.3. The number of carbonyl (C=O) groups excluding carboxylic acids is 1. The SMILES string of the molecule is Cc1[nH]c(C2=NNC(C3CCCC3)O2)c(C)c1C(=O)c1cccc(Br)c1. The summed E-state index contributed by atoms with van der Waals surface area (Å²) >= 11 is 3.43. The topological polar surface area (TPSA) is 66.5 Å². The first-order valence-corrected chi connectivity index (χ1v) is 9.83. The third kappa shape index (κ3) is 3.07. The van der Waals surface area contributed by atoms with E-state index in [9.17, 15) is 4.79 Å². The van der Waals surface area contributed by atoms with Crippen molar-refractivity contribution in [2.75, 3.05) is 0 Å². The maximum atomic E-state index is 13.0. The molecule has 2 aromatic rings. The van der Waals surface area contributed by atoms with Crippen molar-refractivity contribution in [2.45, 2.75) is 45.8 Å². The molecule has 5 nitrogen and oxygen atoms in total. The Hall–Kier alpha value is -2.08. The number of ether oxygens (including phenoxy) is 1. The lowest BCUT2D eigenvalue weighted by Crippen LogP contribution is -2.29. The van der Waals surface area contributed by atoms with Crippen molar-refractivity contribution >= 4 is 27.6 Å². The van der Waals surface area contributed by atoms with Gasteiger partial charge in [-0.2, -0.15) is 0 Å². The molecule has 136 valence electrons. The average Bonchev–Trinajstić information content (AvgIpc) is 3.34. The van der Waals surface area contributed by atoms with Gasteiger partial charge in [-0.15, -0.1) is 5.10 Å². The maximum Gasteiger partial charge on any atom is 0.257 e. The van der Waals surface area contributed by atoms with Crippen LogP contribution >= 0.6 is 15.9 Å². The number of aromatic nitrogens is 1. The summed E-state index contributed by atoms with van der Waals surface area (Å²) < 4.78 is 6.96. The van der Waals surface area contributed by atoms with Gasteiger partial charge >= 0.3 is 0 Å². The number of hydrogen-bond acceptors (Lipinski definition) is 4. The van der Waals surface area contributed by atoms with E-state index in [4.69, 9.17) is 4.74 Å². The first-order valence-electron chi connectivity index (χ1n) is 9.04. The number of hydrazone groups is 1. The lowest BCUT2D eigenvalue weighted by molar-refractivity contribution is 0.103.